The Morgan fingerprint density at radius 1 is 1.26 bits per heavy atom. The van der Waals surface area contributed by atoms with Gasteiger partial charge in [-0.2, -0.15) is 0 Å². The topological polar surface area (TPSA) is 79.5 Å². The van der Waals surface area contributed by atoms with Crippen molar-refractivity contribution < 1.29 is 18.7 Å². The Balaban J connectivity index is 1.63. The van der Waals surface area contributed by atoms with Crippen LogP contribution in [0, 0.1) is 5.82 Å². The first kappa shape index (κ1) is 21.0. The zero-order valence-corrected chi connectivity index (χ0v) is 16.1. The highest BCUT2D eigenvalue weighted by molar-refractivity contribution is 5.77. The van der Waals surface area contributed by atoms with E-state index < -0.39 is 5.82 Å². The molecule has 3 N–H and O–H groups in total. The molecule has 7 heteroatoms. The van der Waals surface area contributed by atoms with Crippen molar-refractivity contribution in [2.75, 3.05) is 13.7 Å². The molecular weight excluding hydrogens is 349 g/mol. The van der Waals surface area contributed by atoms with Crippen molar-refractivity contribution in [2.45, 2.75) is 64.0 Å². The van der Waals surface area contributed by atoms with Gasteiger partial charge in [-0.3, -0.25) is 4.79 Å². The van der Waals surface area contributed by atoms with Crippen molar-refractivity contribution in [1.82, 2.24) is 16.0 Å². The van der Waals surface area contributed by atoms with Gasteiger partial charge in [-0.1, -0.05) is 25.3 Å². The molecule has 0 aliphatic heterocycles. The number of hydrogen-bond acceptors (Lipinski definition) is 3. The average Bonchev–Trinajstić information content (AvgIpc) is 2.66. The van der Waals surface area contributed by atoms with Crippen molar-refractivity contribution in [1.29, 1.82) is 0 Å². The van der Waals surface area contributed by atoms with E-state index in [9.17, 15) is 14.0 Å². The lowest BCUT2D eigenvalue weighted by Crippen LogP contribution is -2.43. The molecule has 0 bridgehead atoms. The second-order valence-electron chi connectivity index (χ2n) is 7.02. The highest BCUT2D eigenvalue weighted by Gasteiger charge is 2.15. The van der Waals surface area contributed by atoms with Crippen molar-refractivity contribution >= 4 is 11.9 Å². The lowest BCUT2D eigenvalue weighted by molar-refractivity contribution is -0.121. The third-order valence-corrected chi connectivity index (χ3v) is 4.86. The normalized spacial score (nSPS) is 15.7. The van der Waals surface area contributed by atoms with Gasteiger partial charge in [0.05, 0.1) is 13.2 Å². The molecule has 1 aromatic rings. The summed E-state index contributed by atoms with van der Waals surface area (Å²) in [4.78, 5) is 23.9. The molecule has 2 rings (SSSR count). The molecule has 1 aromatic carbocycles. The van der Waals surface area contributed by atoms with E-state index in [1.54, 1.807) is 19.1 Å². The van der Waals surface area contributed by atoms with Crippen LogP contribution in [0.4, 0.5) is 9.18 Å². The minimum atomic E-state index is -0.454. The Kier molecular flexibility index (Phi) is 8.36. The third kappa shape index (κ3) is 7.07. The Morgan fingerprint density at radius 2 is 2.00 bits per heavy atom. The fourth-order valence-electron chi connectivity index (χ4n) is 3.28. The molecule has 1 aliphatic carbocycles. The number of halogens is 1. The summed E-state index contributed by atoms with van der Waals surface area (Å²) in [5.74, 6) is -0.410. The highest BCUT2D eigenvalue weighted by Crippen LogP contribution is 2.21. The van der Waals surface area contributed by atoms with Gasteiger partial charge < -0.3 is 20.7 Å². The van der Waals surface area contributed by atoms with E-state index in [0.717, 1.165) is 12.8 Å². The number of carbonyl (C=O) groups is 2. The van der Waals surface area contributed by atoms with Gasteiger partial charge in [0.1, 0.15) is 0 Å². The molecule has 1 atom stereocenters. The first-order valence-corrected chi connectivity index (χ1v) is 9.66. The van der Waals surface area contributed by atoms with E-state index in [-0.39, 0.29) is 29.8 Å². The summed E-state index contributed by atoms with van der Waals surface area (Å²) in [6.07, 6.45) is 6.51. The number of urea groups is 1. The van der Waals surface area contributed by atoms with Crippen LogP contribution in [0.15, 0.2) is 18.2 Å². The zero-order chi connectivity index (χ0) is 19.6. The van der Waals surface area contributed by atoms with Gasteiger partial charge in [-0.15, -0.1) is 0 Å². The van der Waals surface area contributed by atoms with Crippen molar-refractivity contribution in [2.24, 2.45) is 0 Å². The minimum Gasteiger partial charge on any atom is -0.494 e. The molecule has 0 spiro atoms. The Labute approximate surface area is 160 Å². The Hall–Kier alpha value is -2.31. The maximum absolute atomic E-state index is 13.8. The Bertz CT molecular complexity index is 633. The number of ether oxygens (including phenoxy) is 1. The molecule has 150 valence electrons. The predicted octanol–water partition coefficient (Wildman–Crippen LogP) is 3.42. The smallest absolute Gasteiger partial charge is 0.315 e. The molecule has 27 heavy (non-hydrogen) atoms. The summed E-state index contributed by atoms with van der Waals surface area (Å²) in [7, 11) is 1.41. The predicted molar refractivity (Wildman–Crippen MR) is 102 cm³/mol. The molecule has 0 radical (unpaired) electrons. The number of carbonyl (C=O) groups excluding carboxylic acids is 2. The number of rotatable bonds is 8. The molecule has 0 saturated heterocycles. The SMILES string of the molecule is COc1ccc([C@@H](C)NC(=O)CCCNC(=O)NC2CCCCC2)cc1F. The van der Waals surface area contributed by atoms with Gasteiger partial charge in [-0.25, -0.2) is 9.18 Å². The first-order chi connectivity index (χ1) is 13.0. The van der Waals surface area contributed by atoms with Gasteiger partial charge in [0.2, 0.25) is 5.91 Å². The van der Waals surface area contributed by atoms with E-state index >= 15 is 0 Å². The monoisotopic (exact) mass is 379 g/mol. The van der Waals surface area contributed by atoms with Crippen molar-refractivity contribution in [3.05, 3.63) is 29.6 Å². The van der Waals surface area contributed by atoms with E-state index in [4.69, 9.17) is 4.74 Å². The number of methoxy groups -OCH3 is 1. The van der Waals surface area contributed by atoms with E-state index in [1.807, 2.05) is 0 Å². The summed E-state index contributed by atoms with van der Waals surface area (Å²) in [6, 6.07) is 4.44. The highest BCUT2D eigenvalue weighted by atomic mass is 19.1. The maximum atomic E-state index is 13.8. The van der Waals surface area contributed by atoms with Crippen LogP contribution in [0.2, 0.25) is 0 Å². The standard InChI is InChI=1S/C20H30FN3O3/c1-14(15-10-11-18(27-2)17(21)13-15)23-19(25)9-6-12-22-20(26)24-16-7-4-3-5-8-16/h10-11,13-14,16H,3-9,12H2,1-2H3,(H,23,25)(H2,22,24,26)/t14-/m1/s1. The van der Waals surface area contributed by atoms with Crippen LogP contribution in [-0.4, -0.2) is 31.6 Å². The van der Waals surface area contributed by atoms with E-state index in [2.05, 4.69) is 16.0 Å². The molecule has 6 nitrogen and oxygen atoms in total. The summed E-state index contributed by atoms with van der Waals surface area (Å²) in [5.41, 5.74) is 0.673. The van der Waals surface area contributed by atoms with Crippen LogP contribution in [0.1, 0.15) is 63.5 Å². The number of hydrogen-bond donors (Lipinski definition) is 3. The first-order valence-electron chi connectivity index (χ1n) is 9.66. The molecule has 1 saturated carbocycles. The average molecular weight is 379 g/mol. The third-order valence-electron chi connectivity index (χ3n) is 4.86. The summed E-state index contributed by atoms with van der Waals surface area (Å²) >= 11 is 0. The van der Waals surface area contributed by atoms with Crippen LogP contribution in [-0.2, 0) is 4.79 Å². The van der Waals surface area contributed by atoms with Gasteiger partial charge in [0, 0.05) is 19.0 Å². The van der Waals surface area contributed by atoms with Crippen LogP contribution in [0.25, 0.3) is 0 Å². The second-order valence-corrected chi connectivity index (χ2v) is 7.02. The van der Waals surface area contributed by atoms with E-state index in [0.29, 0.717) is 24.9 Å². The fourth-order valence-corrected chi connectivity index (χ4v) is 3.28. The van der Waals surface area contributed by atoms with Crippen molar-refractivity contribution in [3.63, 3.8) is 0 Å². The molecular formula is C20H30FN3O3. The van der Waals surface area contributed by atoms with Gasteiger partial charge in [-0.05, 0) is 43.9 Å². The largest absolute Gasteiger partial charge is 0.494 e. The maximum Gasteiger partial charge on any atom is 0.315 e. The molecule has 0 heterocycles. The van der Waals surface area contributed by atoms with E-state index in [1.165, 1.54) is 32.4 Å². The number of amides is 3. The van der Waals surface area contributed by atoms with Crippen LogP contribution in [0.3, 0.4) is 0 Å². The molecule has 1 fully saturated rings. The fraction of sp³-hybridized carbons (Fsp3) is 0.600. The lowest BCUT2D eigenvalue weighted by Gasteiger charge is -2.22. The molecule has 0 aromatic heterocycles. The second kappa shape index (κ2) is 10.7. The number of nitrogens with one attached hydrogen (secondary N) is 3. The molecule has 0 unspecified atom stereocenters. The van der Waals surface area contributed by atoms with Crippen molar-refractivity contribution in [3.8, 4) is 5.75 Å². The minimum absolute atomic E-state index is 0.131. The molecule has 1 aliphatic rings. The Morgan fingerprint density at radius 3 is 2.67 bits per heavy atom. The molecule has 3 amide bonds. The van der Waals surface area contributed by atoms with Gasteiger partial charge >= 0.3 is 6.03 Å². The van der Waals surface area contributed by atoms with Gasteiger partial charge in [0.15, 0.2) is 11.6 Å². The summed E-state index contributed by atoms with van der Waals surface area (Å²) < 4.78 is 18.6. The lowest BCUT2D eigenvalue weighted by atomic mass is 9.96. The van der Waals surface area contributed by atoms with Crippen LogP contribution >= 0.6 is 0 Å². The zero-order valence-electron chi connectivity index (χ0n) is 16.1. The summed E-state index contributed by atoms with van der Waals surface area (Å²) in [6.45, 7) is 2.24. The number of benzene rings is 1. The van der Waals surface area contributed by atoms with Crippen LogP contribution in [0.5, 0.6) is 5.75 Å². The van der Waals surface area contributed by atoms with Gasteiger partial charge in [0.25, 0.3) is 0 Å². The quantitative estimate of drug-likeness (QED) is 0.606. The summed E-state index contributed by atoms with van der Waals surface area (Å²) in [5, 5.41) is 8.62. The van der Waals surface area contributed by atoms with Crippen LogP contribution < -0.4 is 20.7 Å².